The minimum Gasteiger partial charge on any atom is -0.360 e. The van der Waals surface area contributed by atoms with Crippen molar-refractivity contribution in [3.8, 4) is 0 Å². The van der Waals surface area contributed by atoms with Crippen LogP contribution < -0.4 is 5.32 Å². The second-order valence-corrected chi connectivity index (χ2v) is 6.43. The van der Waals surface area contributed by atoms with E-state index < -0.39 is 0 Å². The summed E-state index contributed by atoms with van der Waals surface area (Å²) < 4.78 is 0.838. The highest BCUT2D eigenvalue weighted by Crippen LogP contribution is 2.19. The molecule has 0 aliphatic carbocycles. The van der Waals surface area contributed by atoms with Gasteiger partial charge in [0.05, 0.1) is 0 Å². The Morgan fingerprint density at radius 3 is 2.73 bits per heavy atom. The van der Waals surface area contributed by atoms with Crippen LogP contribution in [0, 0.1) is 0 Å². The molecule has 0 bridgehead atoms. The smallest absolute Gasteiger partial charge is 0.206 e. The molecule has 0 saturated carbocycles. The lowest BCUT2D eigenvalue weighted by Gasteiger charge is -2.01. The maximum atomic E-state index is 3.97. The zero-order valence-electron chi connectivity index (χ0n) is 8.83. The SMILES string of the molecule is CSCCCCCCNc1nnc(Br)s1. The van der Waals surface area contributed by atoms with Gasteiger partial charge < -0.3 is 5.32 Å². The molecule has 1 aromatic rings. The number of hydrogen-bond donors (Lipinski definition) is 1. The lowest BCUT2D eigenvalue weighted by atomic mass is 10.2. The Balaban J connectivity index is 1.93. The van der Waals surface area contributed by atoms with Gasteiger partial charge >= 0.3 is 0 Å². The molecular formula is C9H16BrN3S2. The largest absolute Gasteiger partial charge is 0.360 e. The van der Waals surface area contributed by atoms with Crippen molar-refractivity contribution in [2.45, 2.75) is 25.7 Å². The summed E-state index contributed by atoms with van der Waals surface area (Å²) in [6.07, 6.45) is 7.35. The van der Waals surface area contributed by atoms with Crippen LogP contribution in [-0.4, -0.2) is 28.8 Å². The molecule has 0 amide bonds. The summed E-state index contributed by atoms with van der Waals surface area (Å²) in [5.74, 6) is 1.29. The van der Waals surface area contributed by atoms with E-state index in [1.165, 1.54) is 42.8 Å². The predicted molar refractivity (Wildman–Crippen MR) is 72.9 cm³/mol. The minimum absolute atomic E-state index is 0.838. The van der Waals surface area contributed by atoms with E-state index in [2.05, 4.69) is 37.7 Å². The molecule has 0 saturated heterocycles. The number of thioether (sulfide) groups is 1. The molecule has 1 N–H and O–H groups in total. The van der Waals surface area contributed by atoms with Gasteiger partial charge in [0, 0.05) is 6.54 Å². The third kappa shape index (κ3) is 6.37. The number of anilines is 1. The van der Waals surface area contributed by atoms with Crippen molar-refractivity contribution in [2.75, 3.05) is 23.9 Å². The van der Waals surface area contributed by atoms with Crippen molar-refractivity contribution >= 4 is 44.2 Å². The molecule has 6 heteroatoms. The quantitative estimate of drug-likeness (QED) is 0.744. The molecule has 0 atom stereocenters. The van der Waals surface area contributed by atoms with Crippen LogP contribution in [0.5, 0.6) is 0 Å². The fraction of sp³-hybridized carbons (Fsp3) is 0.778. The van der Waals surface area contributed by atoms with Crippen molar-refractivity contribution in [2.24, 2.45) is 0 Å². The normalized spacial score (nSPS) is 10.5. The van der Waals surface area contributed by atoms with Gasteiger partial charge in [0.25, 0.3) is 0 Å². The highest BCUT2D eigenvalue weighted by atomic mass is 79.9. The van der Waals surface area contributed by atoms with E-state index in [9.17, 15) is 0 Å². The molecule has 0 aliphatic rings. The molecule has 1 aromatic heterocycles. The van der Waals surface area contributed by atoms with Crippen molar-refractivity contribution in [1.29, 1.82) is 0 Å². The van der Waals surface area contributed by atoms with E-state index in [1.54, 1.807) is 0 Å². The van der Waals surface area contributed by atoms with Crippen LogP contribution in [0.1, 0.15) is 25.7 Å². The van der Waals surface area contributed by atoms with E-state index in [4.69, 9.17) is 0 Å². The van der Waals surface area contributed by atoms with Gasteiger partial charge in [-0.15, -0.1) is 10.2 Å². The molecular weight excluding hydrogens is 294 g/mol. The molecule has 0 aromatic carbocycles. The monoisotopic (exact) mass is 309 g/mol. The topological polar surface area (TPSA) is 37.8 Å². The fourth-order valence-corrected chi connectivity index (χ4v) is 2.73. The maximum Gasteiger partial charge on any atom is 0.206 e. The van der Waals surface area contributed by atoms with Crippen molar-refractivity contribution in [1.82, 2.24) is 10.2 Å². The Morgan fingerprint density at radius 1 is 1.27 bits per heavy atom. The number of nitrogens with one attached hydrogen (secondary N) is 1. The lowest BCUT2D eigenvalue weighted by Crippen LogP contribution is -2.00. The lowest BCUT2D eigenvalue weighted by molar-refractivity contribution is 0.688. The van der Waals surface area contributed by atoms with Gasteiger partial charge in [-0.25, -0.2) is 0 Å². The molecule has 3 nitrogen and oxygen atoms in total. The minimum atomic E-state index is 0.838. The van der Waals surface area contributed by atoms with Crippen LogP contribution in [0.15, 0.2) is 3.92 Å². The van der Waals surface area contributed by atoms with Gasteiger partial charge in [0.15, 0.2) is 3.92 Å². The highest BCUT2D eigenvalue weighted by Gasteiger charge is 1.98. The first-order valence-electron chi connectivity index (χ1n) is 5.04. The molecule has 15 heavy (non-hydrogen) atoms. The zero-order valence-corrected chi connectivity index (χ0v) is 12.1. The molecule has 0 radical (unpaired) electrons. The van der Waals surface area contributed by atoms with Crippen molar-refractivity contribution < 1.29 is 0 Å². The van der Waals surface area contributed by atoms with E-state index in [-0.39, 0.29) is 0 Å². The molecule has 0 fully saturated rings. The Bertz CT molecular complexity index is 268. The Kier molecular flexibility index (Phi) is 7.38. The Morgan fingerprint density at radius 2 is 2.07 bits per heavy atom. The maximum absolute atomic E-state index is 3.97. The molecule has 1 rings (SSSR count). The summed E-state index contributed by atoms with van der Waals surface area (Å²) in [5.41, 5.74) is 0. The van der Waals surface area contributed by atoms with Crippen LogP contribution in [0.3, 0.4) is 0 Å². The molecule has 0 unspecified atom stereocenters. The van der Waals surface area contributed by atoms with E-state index in [0.717, 1.165) is 15.6 Å². The van der Waals surface area contributed by atoms with Gasteiger partial charge in [0.1, 0.15) is 0 Å². The van der Waals surface area contributed by atoms with E-state index >= 15 is 0 Å². The fourth-order valence-electron chi connectivity index (χ4n) is 1.20. The number of aromatic nitrogens is 2. The van der Waals surface area contributed by atoms with Gasteiger partial charge in [-0.3, -0.25) is 0 Å². The number of rotatable bonds is 8. The standard InChI is InChI=1S/C9H16BrN3S2/c1-14-7-5-3-2-4-6-11-9-13-12-8(10)15-9/h2-7H2,1H3,(H,11,13). The second-order valence-electron chi connectivity index (χ2n) is 3.19. The zero-order chi connectivity index (χ0) is 10.9. The summed E-state index contributed by atoms with van der Waals surface area (Å²) in [4.78, 5) is 0. The first kappa shape index (κ1) is 13.3. The van der Waals surface area contributed by atoms with Crippen LogP contribution in [0.4, 0.5) is 5.13 Å². The average Bonchev–Trinajstić information content (AvgIpc) is 2.63. The van der Waals surface area contributed by atoms with Gasteiger partial charge in [-0.05, 0) is 40.8 Å². The number of nitrogens with zero attached hydrogens (tertiary/aromatic N) is 2. The Hall–Kier alpha value is 0.190. The number of halogens is 1. The second kappa shape index (κ2) is 8.35. The predicted octanol–water partition coefficient (Wildman–Crippen LogP) is 3.64. The van der Waals surface area contributed by atoms with Crippen molar-refractivity contribution in [3.63, 3.8) is 0 Å². The molecule has 86 valence electrons. The summed E-state index contributed by atoms with van der Waals surface area (Å²) >= 11 is 6.75. The summed E-state index contributed by atoms with van der Waals surface area (Å²) in [6.45, 7) is 1.00. The third-order valence-corrected chi connectivity index (χ3v) is 3.96. The van der Waals surface area contributed by atoms with Crippen LogP contribution in [0.2, 0.25) is 0 Å². The van der Waals surface area contributed by atoms with Gasteiger partial charge in [0.2, 0.25) is 5.13 Å². The van der Waals surface area contributed by atoms with Gasteiger partial charge in [-0.1, -0.05) is 24.2 Å². The van der Waals surface area contributed by atoms with E-state index in [0.29, 0.717) is 0 Å². The Labute approximate surface area is 108 Å². The first-order chi connectivity index (χ1) is 7.33. The van der Waals surface area contributed by atoms with Crippen molar-refractivity contribution in [3.05, 3.63) is 3.92 Å². The van der Waals surface area contributed by atoms with Crippen LogP contribution in [0.25, 0.3) is 0 Å². The molecule has 1 heterocycles. The van der Waals surface area contributed by atoms with Crippen LogP contribution >= 0.6 is 39.0 Å². The average molecular weight is 310 g/mol. The van der Waals surface area contributed by atoms with Gasteiger partial charge in [-0.2, -0.15) is 11.8 Å². The highest BCUT2D eigenvalue weighted by molar-refractivity contribution is 9.11. The molecule has 0 spiro atoms. The third-order valence-electron chi connectivity index (χ3n) is 1.95. The molecule has 0 aliphatic heterocycles. The van der Waals surface area contributed by atoms with Crippen LogP contribution in [-0.2, 0) is 0 Å². The number of hydrogen-bond acceptors (Lipinski definition) is 5. The first-order valence-corrected chi connectivity index (χ1v) is 8.05. The number of unbranched alkanes of at least 4 members (excludes halogenated alkanes) is 3. The summed E-state index contributed by atoms with van der Waals surface area (Å²) in [7, 11) is 0. The summed E-state index contributed by atoms with van der Waals surface area (Å²) in [5, 5.41) is 12.0. The summed E-state index contributed by atoms with van der Waals surface area (Å²) in [6, 6.07) is 0. The van der Waals surface area contributed by atoms with E-state index in [1.807, 2.05) is 11.8 Å².